The van der Waals surface area contributed by atoms with E-state index in [-0.39, 0.29) is 23.7 Å². The van der Waals surface area contributed by atoms with Gasteiger partial charge >= 0.3 is 0 Å². The lowest BCUT2D eigenvalue weighted by molar-refractivity contribution is -0.143. The monoisotopic (exact) mass is 409 g/mol. The lowest BCUT2D eigenvalue weighted by atomic mass is 9.96. The van der Waals surface area contributed by atoms with Gasteiger partial charge < -0.3 is 20.0 Å². The van der Waals surface area contributed by atoms with E-state index >= 15 is 0 Å². The number of rotatable bonds is 3. The summed E-state index contributed by atoms with van der Waals surface area (Å²) >= 11 is 0. The second kappa shape index (κ2) is 6.94. The fourth-order valence-corrected chi connectivity index (χ4v) is 4.96. The first-order valence-corrected chi connectivity index (χ1v) is 11.1. The molecule has 1 aliphatic carbocycles. The number of piperazine rings is 1. The molecule has 1 N–H and O–H groups in total. The van der Waals surface area contributed by atoms with Crippen molar-refractivity contribution in [1.82, 2.24) is 29.7 Å². The van der Waals surface area contributed by atoms with E-state index in [4.69, 9.17) is 4.98 Å². The van der Waals surface area contributed by atoms with Crippen LogP contribution in [0.25, 0.3) is 5.65 Å². The van der Waals surface area contributed by atoms with Gasteiger partial charge in [-0.05, 0) is 25.8 Å². The summed E-state index contributed by atoms with van der Waals surface area (Å²) < 4.78 is 1.92. The molecule has 3 fully saturated rings. The van der Waals surface area contributed by atoms with Crippen LogP contribution in [0.2, 0.25) is 0 Å². The normalized spacial score (nSPS) is 22.2. The second-order valence-corrected chi connectivity index (χ2v) is 8.92. The van der Waals surface area contributed by atoms with Gasteiger partial charge in [0.15, 0.2) is 5.65 Å². The van der Waals surface area contributed by atoms with Crippen molar-refractivity contribution < 1.29 is 9.59 Å². The zero-order valence-electron chi connectivity index (χ0n) is 17.1. The van der Waals surface area contributed by atoms with Crippen molar-refractivity contribution in [2.45, 2.75) is 25.8 Å². The number of nitrogens with one attached hydrogen (secondary N) is 1. The van der Waals surface area contributed by atoms with Gasteiger partial charge in [-0.1, -0.05) is 0 Å². The average Bonchev–Trinajstić information content (AvgIpc) is 3.49. The Bertz CT molecular complexity index is 1000. The van der Waals surface area contributed by atoms with E-state index < -0.39 is 0 Å². The Morgan fingerprint density at radius 3 is 2.40 bits per heavy atom. The van der Waals surface area contributed by atoms with E-state index in [1.165, 1.54) is 5.56 Å². The number of carbonyl (C=O) groups is 2. The summed E-state index contributed by atoms with van der Waals surface area (Å²) in [4.78, 5) is 36.2. The Morgan fingerprint density at radius 2 is 1.70 bits per heavy atom. The fraction of sp³-hybridized carbons (Fsp3) is 0.619. The Labute approximate surface area is 175 Å². The first-order chi connectivity index (χ1) is 14.7. The van der Waals surface area contributed by atoms with E-state index in [9.17, 15) is 9.59 Å². The number of nitrogens with zero attached hydrogens (tertiary/aromatic N) is 6. The minimum Gasteiger partial charge on any atom is -0.354 e. The maximum atomic E-state index is 13.0. The summed E-state index contributed by atoms with van der Waals surface area (Å²) in [5.41, 5.74) is 3.21. The lowest BCUT2D eigenvalue weighted by Gasteiger charge is -2.44. The van der Waals surface area contributed by atoms with Crippen LogP contribution >= 0.6 is 0 Å². The molecule has 6 rings (SSSR count). The molecular weight excluding hydrogens is 382 g/mol. The molecule has 9 nitrogen and oxygen atoms in total. The van der Waals surface area contributed by atoms with Crippen LogP contribution in [-0.4, -0.2) is 82.0 Å². The summed E-state index contributed by atoms with van der Waals surface area (Å²) in [5, 5.41) is 7.89. The summed E-state index contributed by atoms with van der Waals surface area (Å²) in [6.07, 6.45) is 4.79. The SMILES string of the molecule is O=C(C1CC1)N1CCN(C(=O)C2CN(c3c4c(nc5ccnn35)CNCC4)C2)CC1. The van der Waals surface area contributed by atoms with Crippen LogP contribution in [0.3, 0.4) is 0 Å². The smallest absolute Gasteiger partial charge is 0.229 e. The van der Waals surface area contributed by atoms with Crippen molar-refractivity contribution in [1.29, 1.82) is 0 Å². The van der Waals surface area contributed by atoms with Gasteiger partial charge in [0, 0.05) is 63.4 Å². The summed E-state index contributed by atoms with van der Waals surface area (Å²) in [7, 11) is 0. The number of hydrogen-bond acceptors (Lipinski definition) is 6. The Morgan fingerprint density at radius 1 is 1.00 bits per heavy atom. The topological polar surface area (TPSA) is 86.1 Å². The van der Waals surface area contributed by atoms with Gasteiger partial charge in [-0.15, -0.1) is 0 Å². The standard InChI is InChI=1S/C21H27N7O2/c29-20(14-1-2-14)25-7-9-26(10-8-25)21(30)15-12-27(13-15)19-16-3-5-22-11-17(16)24-18-4-6-23-28(18)19/h4,6,14-15,22H,1-3,5,7-13H2. The van der Waals surface area contributed by atoms with E-state index in [0.717, 1.165) is 62.6 Å². The molecule has 5 heterocycles. The van der Waals surface area contributed by atoms with Crippen molar-refractivity contribution in [2.24, 2.45) is 11.8 Å². The van der Waals surface area contributed by atoms with Gasteiger partial charge in [0.2, 0.25) is 11.8 Å². The molecule has 0 unspecified atom stereocenters. The molecule has 0 atom stereocenters. The van der Waals surface area contributed by atoms with Crippen LogP contribution in [0.1, 0.15) is 24.1 Å². The first-order valence-electron chi connectivity index (χ1n) is 11.1. The highest BCUT2D eigenvalue weighted by Gasteiger charge is 2.40. The fourth-order valence-electron chi connectivity index (χ4n) is 4.96. The zero-order valence-corrected chi connectivity index (χ0v) is 17.1. The molecule has 2 amide bonds. The number of carbonyl (C=O) groups excluding carboxylic acids is 2. The second-order valence-electron chi connectivity index (χ2n) is 8.92. The van der Waals surface area contributed by atoms with E-state index in [1.54, 1.807) is 6.20 Å². The Kier molecular flexibility index (Phi) is 4.19. The van der Waals surface area contributed by atoms with Crippen LogP contribution in [0.4, 0.5) is 5.82 Å². The van der Waals surface area contributed by atoms with Gasteiger partial charge in [0.1, 0.15) is 5.82 Å². The van der Waals surface area contributed by atoms with Gasteiger partial charge in [0.25, 0.3) is 0 Å². The molecule has 2 saturated heterocycles. The molecular formula is C21H27N7O2. The van der Waals surface area contributed by atoms with Crippen molar-refractivity contribution in [2.75, 3.05) is 50.7 Å². The molecule has 0 bridgehead atoms. The maximum absolute atomic E-state index is 13.0. The number of anilines is 1. The van der Waals surface area contributed by atoms with E-state index in [0.29, 0.717) is 26.2 Å². The van der Waals surface area contributed by atoms with Crippen LogP contribution in [0, 0.1) is 11.8 Å². The highest BCUT2D eigenvalue weighted by atomic mass is 16.2. The highest BCUT2D eigenvalue weighted by molar-refractivity contribution is 5.84. The molecule has 9 heteroatoms. The predicted octanol–water partition coefficient (Wildman–Crippen LogP) is -0.108. The first kappa shape index (κ1) is 18.1. The third-order valence-electron chi connectivity index (χ3n) is 6.90. The Hall–Kier alpha value is -2.68. The third kappa shape index (κ3) is 2.94. The van der Waals surface area contributed by atoms with Crippen LogP contribution < -0.4 is 10.2 Å². The van der Waals surface area contributed by atoms with Gasteiger partial charge in [-0.25, -0.2) is 4.98 Å². The molecule has 30 heavy (non-hydrogen) atoms. The summed E-state index contributed by atoms with van der Waals surface area (Å²) in [5.74, 6) is 1.90. The van der Waals surface area contributed by atoms with Crippen LogP contribution in [0.5, 0.6) is 0 Å². The molecule has 4 aliphatic rings. The van der Waals surface area contributed by atoms with Gasteiger partial charge in [-0.3, -0.25) is 9.59 Å². The minimum absolute atomic E-state index is 0.0202. The molecule has 0 radical (unpaired) electrons. The van der Waals surface area contributed by atoms with Crippen LogP contribution in [0.15, 0.2) is 12.3 Å². The Balaban J connectivity index is 1.13. The van der Waals surface area contributed by atoms with Crippen LogP contribution in [-0.2, 0) is 22.6 Å². The van der Waals surface area contributed by atoms with E-state index in [2.05, 4.69) is 15.3 Å². The maximum Gasteiger partial charge on any atom is 0.229 e. The van der Waals surface area contributed by atoms with Crippen molar-refractivity contribution >= 4 is 23.3 Å². The number of amides is 2. The summed E-state index contributed by atoms with van der Waals surface area (Å²) in [6.45, 7) is 5.84. The van der Waals surface area contributed by atoms with E-state index in [1.807, 2.05) is 20.4 Å². The van der Waals surface area contributed by atoms with Crippen molar-refractivity contribution in [3.8, 4) is 0 Å². The summed E-state index contributed by atoms with van der Waals surface area (Å²) in [6, 6.07) is 1.93. The van der Waals surface area contributed by atoms with Crippen molar-refractivity contribution in [3.05, 3.63) is 23.5 Å². The average molecular weight is 409 g/mol. The number of aromatic nitrogens is 3. The molecule has 2 aromatic rings. The molecule has 3 aliphatic heterocycles. The lowest BCUT2D eigenvalue weighted by Crippen LogP contribution is -2.59. The van der Waals surface area contributed by atoms with Gasteiger partial charge in [-0.2, -0.15) is 9.61 Å². The predicted molar refractivity (Wildman–Crippen MR) is 110 cm³/mol. The molecule has 0 aromatic carbocycles. The largest absolute Gasteiger partial charge is 0.354 e. The minimum atomic E-state index is 0.0202. The highest BCUT2D eigenvalue weighted by Crippen LogP contribution is 2.33. The quantitative estimate of drug-likeness (QED) is 0.762. The molecule has 0 spiro atoms. The van der Waals surface area contributed by atoms with Gasteiger partial charge in [0.05, 0.1) is 17.8 Å². The number of fused-ring (bicyclic) bond motifs is 2. The third-order valence-corrected chi connectivity index (χ3v) is 6.90. The molecule has 158 valence electrons. The molecule has 2 aromatic heterocycles. The van der Waals surface area contributed by atoms with Crippen molar-refractivity contribution in [3.63, 3.8) is 0 Å². The zero-order chi connectivity index (χ0) is 20.2. The number of hydrogen-bond donors (Lipinski definition) is 1. The molecule has 1 saturated carbocycles.